The smallest absolute Gasteiger partial charge is 0.165 e. The number of rotatable bonds is 4. The van der Waals surface area contributed by atoms with Crippen LogP contribution in [0.15, 0.2) is 48.5 Å². The summed E-state index contributed by atoms with van der Waals surface area (Å²) in [7, 11) is 0. The highest BCUT2D eigenvalue weighted by Crippen LogP contribution is 2.30. The van der Waals surface area contributed by atoms with E-state index in [2.05, 4.69) is 19.1 Å². The molecule has 0 saturated heterocycles. The van der Waals surface area contributed by atoms with Gasteiger partial charge < -0.3 is 4.74 Å². The van der Waals surface area contributed by atoms with Crippen LogP contribution in [0.3, 0.4) is 0 Å². The van der Waals surface area contributed by atoms with Gasteiger partial charge in [-0.1, -0.05) is 55.5 Å². The summed E-state index contributed by atoms with van der Waals surface area (Å²) in [5, 5.41) is 0. The summed E-state index contributed by atoms with van der Waals surface area (Å²) < 4.78 is 5.82. The topological polar surface area (TPSA) is 26.3 Å². The molecule has 0 amide bonds. The molecular weight excluding hydrogens is 260 g/mol. The van der Waals surface area contributed by atoms with Crippen LogP contribution in [-0.2, 0) is 17.6 Å². The average Bonchev–Trinajstić information content (AvgIpc) is 2.55. The van der Waals surface area contributed by atoms with Crippen molar-refractivity contribution in [2.75, 3.05) is 6.61 Å². The van der Waals surface area contributed by atoms with Crippen molar-refractivity contribution in [1.82, 2.24) is 0 Å². The summed E-state index contributed by atoms with van der Waals surface area (Å²) in [5.41, 5.74) is 4.51. The van der Waals surface area contributed by atoms with E-state index in [0.717, 1.165) is 18.4 Å². The number of hydrogen-bond acceptors (Lipinski definition) is 2. The Morgan fingerprint density at radius 3 is 2.67 bits per heavy atom. The highest BCUT2D eigenvalue weighted by molar-refractivity contribution is 5.96. The summed E-state index contributed by atoms with van der Waals surface area (Å²) in [6, 6.07) is 16.2. The van der Waals surface area contributed by atoms with Gasteiger partial charge in [0.1, 0.15) is 0 Å². The van der Waals surface area contributed by atoms with Crippen LogP contribution in [0.2, 0.25) is 0 Å². The van der Waals surface area contributed by atoms with Crippen LogP contribution in [0, 0.1) is 0 Å². The monoisotopic (exact) mass is 280 g/mol. The Bertz CT molecular complexity index is 628. The van der Waals surface area contributed by atoms with E-state index in [-0.39, 0.29) is 11.9 Å². The van der Waals surface area contributed by atoms with E-state index >= 15 is 0 Å². The molecular formula is C19H20O2. The lowest BCUT2D eigenvalue weighted by molar-refractivity contribution is 0.0352. The van der Waals surface area contributed by atoms with E-state index in [9.17, 15) is 4.79 Å². The quantitative estimate of drug-likeness (QED) is 0.787. The Morgan fingerprint density at radius 1 is 1.14 bits per heavy atom. The first-order valence-corrected chi connectivity index (χ1v) is 7.59. The maximum atomic E-state index is 12.4. The summed E-state index contributed by atoms with van der Waals surface area (Å²) in [4.78, 5) is 12.4. The Hall–Kier alpha value is -1.93. The molecule has 1 unspecified atom stereocenters. The van der Waals surface area contributed by atoms with E-state index in [4.69, 9.17) is 4.74 Å². The van der Waals surface area contributed by atoms with Crippen molar-refractivity contribution in [2.24, 2.45) is 0 Å². The second kappa shape index (κ2) is 6.23. The maximum absolute atomic E-state index is 12.4. The molecule has 3 rings (SSSR count). The second-order valence-corrected chi connectivity index (χ2v) is 5.49. The van der Waals surface area contributed by atoms with E-state index in [0.29, 0.717) is 13.0 Å². The Labute approximate surface area is 125 Å². The number of fused-ring (bicyclic) bond motifs is 1. The first-order chi connectivity index (χ1) is 10.3. The third-order valence-corrected chi connectivity index (χ3v) is 4.15. The van der Waals surface area contributed by atoms with Gasteiger partial charge in [0.15, 0.2) is 5.78 Å². The molecule has 2 heteroatoms. The van der Waals surface area contributed by atoms with Crippen molar-refractivity contribution in [3.8, 4) is 0 Å². The Balaban J connectivity index is 1.76. The zero-order valence-electron chi connectivity index (χ0n) is 12.3. The number of ketones is 1. The molecule has 0 aromatic heterocycles. The summed E-state index contributed by atoms with van der Waals surface area (Å²) >= 11 is 0. The first-order valence-electron chi connectivity index (χ1n) is 7.59. The van der Waals surface area contributed by atoms with Crippen molar-refractivity contribution in [2.45, 2.75) is 32.3 Å². The molecule has 0 fully saturated rings. The minimum absolute atomic E-state index is 0.103. The Morgan fingerprint density at radius 2 is 1.90 bits per heavy atom. The second-order valence-electron chi connectivity index (χ2n) is 5.49. The lowest BCUT2D eigenvalue weighted by Gasteiger charge is -2.25. The number of hydrogen-bond donors (Lipinski definition) is 0. The summed E-state index contributed by atoms with van der Waals surface area (Å²) in [6.07, 6.45) is 2.25. The third kappa shape index (κ3) is 3.06. The highest BCUT2D eigenvalue weighted by atomic mass is 16.5. The van der Waals surface area contributed by atoms with Crippen molar-refractivity contribution < 1.29 is 9.53 Å². The largest absolute Gasteiger partial charge is 0.373 e. The van der Waals surface area contributed by atoms with Crippen LogP contribution in [-0.4, -0.2) is 12.4 Å². The third-order valence-electron chi connectivity index (χ3n) is 4.15. The normalized spacial score (nSPS) is 17.3. The van der Waals surface area contributed by atoms with Crippen LogP contribution >= 0.6 is 0 Å². The molecule has 21 heavy (non-hydrogen) atoms. The van der Waals surface area contributed by atoms with Gasteiger partial charge >= 0.3 is 0 Å². The van der Waals surface area contributed by atoms with Gasteiger partial charge in [-0.15, -0.1) is 0 Å². The van der Waals surface area contributed by atoms with Gasteiger partial charge in [0.05, 0.1) is 12.7 Å². The molecule has 2 aromatic rings. The molecule has 108 valence electrons. The molecule has 2 nitrogen and oxygen atoms in total. The molecule has 0 bridgehead atoms. The first kappa shape index (κ1) is 14.0. The summed E-state index contributed by atoms with van der Waals surface area (Å²) in [5.74, 6) is 0.152. The van der Waals surface area contributed by atoms with Crippen LogP contribution in [0.4, 0.5) is 0 Å². The average molecular weight is 280 g/mol. The number of Topliss-reactive ketones (excluding diaryl/α,β-unsaturated/α-hetero) is 1. The molecule has 0 saturated carbocycles. The van der Waals surface area contributed by atoms with Crippen molar-refractivity contribution in [1.29, 1.82) is 0 Å². The fourth-order valence-corrected chi connectivity index (χ4v) is 2.86. The van der Waals surface area contributed by atoms with Gasteiger partial charge in [-0.25, -0.2) is 0 Å². The standard InChI is InChI=1S/C19H20O2/c1-2-14-7-9-16(10-8-14)18(20)13-19-17-6-4-3-5-15(17)11-12-21-19/h3-10,19H,2,11-13H2,1H3. The molecule has 0 radical (unpaired) electrons. The predicted octanol–water partition coefficient (Wildman–Crippen LogP) is 4.14. The minimum atomic E-state index is -0.103. The zero-order chi connectivity index (χ0) is 14.7. The molecule has 0 N–H and O–H groups in total. The molecule has 1 aliphatic heterocycles. The highest BCUT2D eigenvalue weighted by Gasteiger charge is 2.23. The molecule has 1 heterocycles. The fourth-order valence-electron chi connectivity index (χ4n) is 2.86. The number of carbonyl (C=O) groups excluding carboxylic acids is 1. The lowest BCUT2D eigenvalue weighted by atomic mass is 9.93. The van der Waals surface area contributed by atoms with Gasteiger partial charge in [-0.05, 0) is 29.5 Å². The zero-order valence-corrected chi connectivity index (χ0v) is 12.3. The Kier molecular flexibility index (Phi) is 4.16. The number of benzene rings is 2. The van der Waals surface area contributed by atoms with Gasteiger partial charge in [-0.3, -0.25) is 4.79 Å². The van der Waals surface area contributed by atoms with Gasteiger partial charge in [-0.2, -0.15) is 0 Å². The maximum Gasteiger partial charge on any atom is 0.165 e. The van der Waals surface area contributed by atoms with Crippen LogP contribution in [0.5, 0.6) is 0 Å². The number of ether oxygens (including phenoxy) is 1. The van der Waals surface area contributed by atoms with Crippen LogP contribution < -0.4 is 0 Å². The van der Waals surface area contributed by atoms with Gasteiger partial charge in [0.25, 0.3) is 0 Å². The van der Waals surface area contributed by atoms with Crippen molar-refractivity contribution >= 4 is 5.78 Å². The SMILES string of the molecule is CCc1ccc(C(=O)CC2OCCc3ccccc32)cc1. The lowest BCUT2D eigenvalue weighted by Crippen LogP contribution is -2.19. The van der Waals surface area contributed by atoms with Crippen LogP contribution in [0.25, 0.3) is 0 Å². The molecule has 1 atom stereocenters. The molecule has 1 aliphatic rings. The van der Waals surface area contributed by atoms with E-state index < -0.39 is 0 Å². The molecule has 0 aliphatic carbocycles. The van der Waals surface area contributed by atoms with Crippen LogP contribution in [0.1, 0.15) is 46.5 Å². The predicted molar refractivity (Wildman–Crippen MR) is 83.6 cm³/mol. The van der Waals surface area contributed by atoms with Crippen molar-refractivity contribution in [3.63, 3.8) is 0 Å². The number of aryl methyl sites for hydroxylation is 1. The van der Waals surface area contributed by atoms with Crippen molar-refractivity contribution in [3.05, 3.63) is 70.8 Å². The molecule has 2 aromatic carbocycles. The van der Waals surface area contributed by atoms with E-state index in [1.165, 1.54) is 16.7 Å². The van der Waals surface area contributed by atoms with Gasteiger partial charge in [0, 0.05) is 12.0 Å². The fraction of sp³-hybridized carbons (Fsp3) is 0.316. The number of carbonyl (C=O) groups is 1. The van der Waals surface area contributed by atoms with Gasteiger partial charge in [0.2, 0.25) is 0 Å². The van der Waals surface area contributed by atoms with E-state index in [1.54, 1.807) is 0 Å². The summed E-state index contributed by atoms with van der Waals surface area (Å²) in [6.45, 7) is 2.81. The minimum Gasteiger partial charge on any atom is -0.373 e. The molecule has 0 spiro atoms. The van der Waals surface area contributed by atoms with E-state index in [1.807, 2.05) is 36.4 Å².